The number of nitrogens with one attached hydrogen (secondary N) is 1. The van der Waals surface area contributed by atoms with Crippen LogP contribution in [-0.4, -0.2) is 52.5 Å². The van der Waals surface area contributed by atoms with Crippen LogP contribution < -0.4 is 24.3 Å². The summed E-state index contributed by atoms with van der Waals surface area (Å²) in [6, 6.07) is 11.9. The number of methoxy groups -OCH3 is 2. The largest absolute Gasteiger partial charge is 0.493 e. The predicted octanol–water partition coefficient (Wildman–Crippen LogP) is 3.78. The second kappa shape index (κ2) is 14.9. The molecule has 0 bridgehead atoms. The number of hydrogen-bond donors (Lipinski definition) is 1. The Hall–Kier alpha value is -4.29. The summed E-state index contributed by atoms with van der Waals surface area (Å²) >= 11 is 0. The van der Waals surface area contributed by atoms with Gasteiger partial charge in [0.05, 0.1) is 26.9 Å². The average Bonchev–Trinajstić information content (AvgIpc) is 2.88. The molecule has 9 heteroatoms. The molecule has 0 heterocycles. The maximum absolute atomic E-state index is 12.4. The van der Waals surface area contributed by atoms with E-state index in [0.29, 0.717) is 36.9 Å². The van der Waals surface area contributed by atoms with E-state index in [1.54, 1.807) is 36.4 Å². The second-order valence-electron chi connectivity index (χ2n) is 7.16. The van der Waals surface area contributed by atoms with E-state index in [0.717, 1.165) is 5.56 Å². The Bertz CT molecular complexity index is 1150. The van der Waals surface area contributed by atoms with Gasteiger partial charge in [-0.1, -0.05) is 12.1 Å². The summed E-state index contributed by atoms with van der Waals surface area (Å²) in [4.78, 5) is 24.6. The quantitative estimate of drug-likeness (QED) is 0.147. The lowest BCUT2D eigenvalue weighted by Crippen LogP contribution is -2.27. The fourth-order valence-corrected chi connectivity index (χ4v) is 3.01. The Morgan fingerprint density at radius 2 is 1.61 bits per heavy atom. The third kappa shape index (κ3) is 8.49. The van der Waals surface area contributed by atoms with E-state index in [9.17, 15) is 14.9 Å². The van der Waals surface area contributed by atoms with Gasteiger partial charge in [-0.3, -0.25) is 4.79 Å². The molecule has 0 saturated carbocycles. The molecule has 9 nitrogen and oxygen atoms in total. The Kier molecular flexibility index (Phi) is 11.5. The number of hydrogen-bond acceptors (Lipinski definition) is 8. The number of amides is 1. The van der Waals surface area contributed by atoms with Crippen LogP contribution in [0.3, 0.4) is 0 Å². The molecule has 0 saturated heterocycles. The van der Waals surface area contributed by atoms with Gasteiger partial charge in [0.2, 0.25) is 0 Å². The molecule has 1 amide bonds. The first-order chi connectivity index (χ1) is 17.4. The normalized spacial score (nSPS) is 11.0. The van der Waals surface area contributed by atoms with Crippen molar-refractivity contribution in [3.8, 4) is 29.1 Å². The van der Waals surface area contributed by atoms with Crippen LogP contribution in [-0.2, 0) is 14.3 Å². The molecule has 1 N–H and O–H groups in total. The smallest absolute Gasteiger partial charge is 0.336 e. The van der Waals surface area contributed by atoms with E-state index in [1.807, 2.05) is 19.9 Å². The molecule has 2 aromatic carbocycles. The standard InChI is InChI=1S/C27H30N2O7/c1-5-34-22-10-7-19(16-25(22)35-6-2)9-12-26(30)36-23-11-8-20(17-24(23)33-4)15-21(18-28)27(31)29-13-14-32-3/h7-12,15-17H,5-6,13-14H2,1-4H3,(H,29,31). The molecule has 0 aromatic heterocycles. The first-order valence-corrected chi connectivity index (χ1v) is 11.3. The number of benzene rings is 2. The fraction of sp³-hybridized carbons (Fsp3) is 0.296. The van der Waals surface area contributed by atoms with Crippen molar-refractivity contribution < 1.29 is 33.3 Å². The van der Waals surface area contributed by atoms with Gasteiger partial charge in [0, 0.05) is 19.7 Å². The lowest BCUT2D eigenvalue weighted by atomic mass is 10.1. The van der Waals surface area contributed by atoms with Crippen LogP contribution in [0.4, 0.5) is 0 Å². The molecular formula is C27H30N2O7. The minimum Gasteiger partial charge on any atom is -0.493 e. The zero-order valence-corrected chi connectivity index (χ0v) is 20.8. The van der Waals surface area contributed by atoms with Gasteiger partial charge < -0.3 is 29.0 Å². The number of carbonyl (C=O) groups excluding carboxylic acids is 2. The highest BCUT2D eigenvalue weighted by atomic mass is 16.6. The number of nitrogens with zero attached hydrogens (tertiary/aromatic N) is 1. The van der Waals surface area contributed by atoms with E-state index >= 15 is 0 Å². The first-order valence-electron chi connectivity index (χ1n) is 11.3. The second-order valence-corrected chi connectivity index (χ2v) is 7.16. The molecule has 2 rings (SSSR count). The Morgan fingerprint density at radius 1 is 0.944 bits per heavy atom. The van der Waals surface area contributed by atoms with Crippen molar-refractivity contribution in [3.63, 3.8) is 0 Å². The zero-order valence-electron chi connectivity index (χ0n) is 20.8. The maximum atomic E-state index is 12.4. The molecule has 0 aliphatic carbocycles. The number of carbonyl (C=O) groups is 2. The molecule has 0 unspecified atom stereocenters. The van der Waals surface area contributed by atoms with Crippen molar-refractivity contribution >= 4 is 24.0 Å². The van der Waals surface area contributed by atoms with Crippen LogP contribution in [0.25, 0.3) is 12.2 Å². The van der Waals surface area contributed by atoms with Crippen LogP contribution in [0.2, 0.25) is 0 Å². The molecule has 0 atom stereocenters. The molecule has 190 valence electrons. The predicted molar refractivity (Wildman–Crippen MR) is 135 cm³/mol. The van der Waals surface area contributed by atoms with Crippen molar-refractivity contribution in [1.29, 1.82) is 5.26 Å². The zero-order chi connectivity index (χ0) is 26.3. The SMILES string of the molecule is CCOc1ccc(C=CC(=O)Oc2ccc(C=C(C#N)C(=O)NCCOC)cc2OC)cc1OCC. The molecular weight excluding hydrogens is 464 g/mol. The van der Waals surface area contributed by atoms with Crippen LogP contribution in [0.15, 0.2) is 48.0 Å². The van der Waals surface area contributed by atoms with Gasteiger partial charge in [-0.05, 0) is 61.4 Å². The minimum atomic E-state index is -0.612. The van der Waals surface area contributed by atoms with Gasteiger partial charge in [0.1, 0.15) is 11.6 Å². The van der Waals surface area contributed by atoms with Gasteiger partial charge in [-0.15, -0.1) is 0 Å². The van der Waals surface area contributed by atoms with Gasteiger partial charge >= 0.3 is 5.97 Å². The minimum absolute atomic E-state index is 0.0809. The molecule has 0 aliphatic rings. The van der Waals surface area contributed by atoms with Crippen molar-refractivity contribution in [1.82, 2.24) is 5.32 Å². The Morgan fingerprint density at radius 3 is 2.28 bits per heavy atom. The maximum Gasteiger partial charge on any atom is 0.336 e. The molecule has 2 aromatic rings. The van der Waals surface area contributed by atoms with Gasteiger partial charge in [-0.25, -0.2) is 4.79 Å². The molecule has 0 fully saturated rings. The number of rotatable bonds is 13. The summed E-state index contributed by atoms with van der Waals surface area (Å²) < 4.78 is 26.8. The summed E-state index contributed by atoms with van der Waals surface area (Å²) in [5, 5.41) is 11.9. The summed E-state index contributed by atoms with van der Waals surface area (Å²) in [5.74, 6) is 0.542. The highest BCUT2D eigenvalue weighted by Crippen LogP contribution is 2.30. The van der Waals surface area contributed by atoms with E-state index < -0.39 is 11.9 Å². The van der Waals surface area contributed by atoms with E-state index in [-0.39, 0.29) is 23.6 Å². The van der Waals surface area contributed by atoms with Crippen molar-refractivity contribution in [2.24, 2.45) is 0 Å². The van der Waals surface area contributed by atoms with Gasteiger partial charge in [0.25, 0.3) is 5.91 Å². The topological polar surface area (TPSA) is 116 Å². The lowest BCUT2D eigenvalue weighted by Gasteiger charge is -2.11. The van der Waals surface area contributed by atoms with Crippen LogP contribution >= 0.6 is 0 Å². The lowest BCUT2D eigenvalue weighted by molar-refractivity contribution is -0.129. The van der Waals surface area contributed by atoms with E-state index in [2.05, 4.69) is 5.32 Å². The average molecular weight is 495 g/mol. The molecule has 0 aliphatic heterocycles. The summed E-state index contributed by atoms with van der Waals surface area (Å²) in [5.41, 5.74) is 1.18. The fourth-order valence-electron chi connectivity index (χ4n) is 3.01. The van der Waals surface area contributed by atoms with Gasteiger partial charge in [-0.2, -0.15) is 5.26 Å². The van der Waals surface area contributed by atoms with Crippen LogP contribution in [0.5, 0.6) is 23.0 Å². The summed E-state index contributed by atoms with van der Waals surface area (Å²) in [7, 11) is 2.94. The third-order valence-electron chi connectivity index (χ3n) is 4.65. The molecule has 0 spiro atoms. The number of ether oxygens (including phenoxy) is 5. The van der Waals surface area contributed by atoms with Crippen molar-refractivity contribution in [2.45, 2.75) is 13.8 Å². The van der Waals surface area contributed by atoms with E-state index in [4.69, 9.17) is 23.7 Å². The van der Waals surface area contributed by atoms with Crippen molar-refractivity contribution in [2.75, 3.05) is 40.6 Å². The van der Waals surface area contributed by atoms with Crippen LogP contribution in [0, 0.1) is 11.3 Å². The summed E-state index contributed by atoms with van der Waals surface area (Å²) in [6.07, 6.45) is 4.31. The van der Waals surface area contributed by atoms with Crippen LogP contribution in [0.1, 0.15) is 25.0 Å². The highest BCUT2D eigenvalue weighted by Gasteiger charge is 2.12. The monoisotopic (exact) mass is 494 g/mol. The molecule has 0 radical (unpaired) electrons. The van der Waals surface area contributed by atoms with E-state index in [1.165, 1.54) is 32.4 Å². The van der Waals surface area contributed by atoms with Crippen molar-refractivity contribution in [3.05, 3.63) is 59.2 Å². The number of nitriles is 1. The third-order valence-corrected chi connectivity index (χ3v) is 4.65. The first kappa shape index (κ1) is 28.0. The van der Waals surface area contributed by atoms with Gasteiger partial charge in [0.15, 0.2) is 23.0 Å². The number of esters is 1. The summed E-state index contributed by atoms with van der Waals surface area (Å²) in [6.45, 7) is 5.37. The Labute approximate surface area is 210 Å². The Balaban J connectivity index is 2.13. The molecule has 36 heavy (non-hydrogen) atoms. The highest BCUT2D eigenvalue weighted by molar-refractivity contribution is 6.01.